The summed E-state index contributed by atoms with van der Waals surface area (Å²) in [5.41, 5.74) is 6.19. The molecule has 0 spiro atoms. The van der Waals surface area contributed by atoms with Crippen molar-refractivity contribution in [2.24, 2.45) is 5.73 Å². The van der Waals surface area contributed by atoms with E-state index in [1.54, 1.807) is 47.1 Å². The van der Waals surface area contributed by atoms with Gasteiger partial charge in [0.05, 0.1) is 17.8 Å². The Balaban J connectivity index is 1.86. The van der Waals surface area contributed by atoms with Gasteiger partial charge in [0.25, 0.3) is 5.91 Å². The van der Waals surface area contributed by atoms with Gasteiger partial charge in [-0.25, -0.2) is 4.68 Å². The van der Waals surface area contributed by atoms with Gasteiger partial charge in [-0.3, -0.25) is 9.59 Å². The van der Waals surface area contributed by atoms with Crippen LogP contribution in [0.2, 0.25) is 10.0 Å². The van der Waals surface area contributed by atoms with Gasteiger partial charge in [-0.1, -0.05) is 47.5 Å². The molecule has 1 aliphatic heterocycles. The van der Waals surface area contributed by atoms with Crippen LogP contribution in [0.3, 0.4) is 0 Å². The minimum Gasteiger partial charge on any atom is -0.492 e. The van der Waals surface area contributed by atoms with Gasteiger partial charge in [-0.05, 0) is 24.3 Å². The van der Waals surface area contributed by atoms with Gasteiger partial charge >= 0.3 is 0 Å². The second kappa shape index (κ2) is 9.43. The van der Waals surface area contributed by atoms with Gasteiger partial charge < -0.3 is 20.5 Å². The minimum absolute atomic E-state index is 0.00511. The Labute approximate surface area is 200 Å². The smallest absolute Gasteiger partial charge is 0.276 e. The molecule has 3 N–H and O–H groups in total. The zero-order valence-electron chi connectivity index (χ0n) is 17.8. The fourth-order valence-electron chi connectivity index (χ4n) is 3.83. The van der Waals surface area contributed by atoms with Crippen LogP contribution in [0.25, 0.3) is 16.9 Å². The number of carbonyl (C=O) groups is 2. The number of nitrogens with zero attached hydrogens (tertiary/aromatic N) is 2. The molecule has 33 heavy (non-hydrogen) atoms. The van der Waals surface area contributed by atoms with E-state index in [0.29, 0.717) is 40.2 Å². The van der Waals surface area contributed by atoms with Crippen LogP contribution in [0.1, 0.15) is 23.3 Å². The fourth-order valence-corrected chi connectivity index (χ4v) is 4.18. The number of carbonyl (C=O) groups excluding carboxylic acids is 2. The standard InChI is InChI=1S/C23H22Cl2N4O4/c1-32-20-18(21(30)27-23(22(26)31)10-12-33-13-11-23)28-29(17-5-3-2-4-16(17)25)19(20)14-6-8-15(24)9-7-14/h2-9H,10-13H2,1H3,(H2,26,31)(H,27,30). The summed E-state index contributed by atoms with van der Waals surface area (Å²) >= 11 is 12.5. The lowest BCUT2D eigenvalue weighted by molar-refractivity contribution is -0.127. The van der Waals surface area contributed by atoms with E-state index in [-0.39, 0.29) is 24.3 Å². The number of ether oxygens (including phenoxy) is 2. The molecule has 3 aromatic rings. The number of methoxy groups -OCH3 is 1. The van der Waals surface area contributed by atoms with Crippen LogP contribution in [0.4, 0.5) is 0 Å². The molecule has 10 heteroatoms. The first-order chi connectivity index (χ1) is 15.9. The minimum atomic E-state index is -1.23. The Hall–Kier alpha value is -3.07. The molecule has 172 valence electrons. The summed E-state index contributed by atoms with van der Waals surface area (Å²) in [6.07, 6.45) is 0.539. The maximum atomic E-state index is 13.4. The normalized spacial score (nSPS) is 15.1. The number of benzene rings is 2. The second-order valence-corrected chi connectivity index (χ2v) is 8.46. The average molecular weight is 489 g/mol. The summed E-state index contributed by atoms with van der Waals surface area (Å²) < 4.78 is 12.5. The molecule has 0 radical (unpaired) electrons. The molecule has 0 bridgehead atoms. The summed E-state index contributed by atoms with van der Waals surface area (Å²) in [5, 5.41) is 8.32. The molecule has 1 aromatic heterocycles. The highest BCUT2D eigenvalue weighted by Gasteiger charge is 2.41. The van der Waals surface area contributed by atoms with Crippen LogP contribution in [0.5, 0.6) is 5.75 Å². The first-order valence-electron chi connectivity index (χ1n) is 10.2. The number of amides is 2. The van der Waals surface area contributed by atoms with Crippen molar-refractivity contribution < 1.29 is 19.1 Å². The third-order valence-corrected chi connectivity index (χ3v) is 6.20. The molecular weight excluding hydrogens is 467 g/mol. The molecule has 0 atom stereocenters. The fraction of sp³-hybridized carbons (Fsp3) is 0.261. The van der Waals surface area contributed by atoms with E-state index in [1.807, 2.05) is 6.07 Å². The number of nitrogens with one attached hydrogen (secondary N) is 1. The molecule has 1 fully saturated rings. The lowest BCUT2D eigenvalue weighted by atomic mass is 9.89. The summed E-state index contributed by atoms with van der Waals surface area (Å²) in [6, 6.07) is 14.1. The zero-order valence-corrected chi connectivity index (χ0v) is 19.3. The van der Waals surface area contributed by atoms with Crippen LogP contribution >= 0.6 is 23.2 Å². The van der Waals surface area contributed by atoms with Gasteiger partial charge in [-0.15, -0.1) is 0 Å². The average Bonchev–Trinajstić information content (AvgIpc) is 3.20. The third-order valence-electron chi connectivity index (χ3n) is 5.63. The predicted octanol–water partition coefficient (Wildman–Crippen LogP) is 3.62. The summed E-state index contributed by atoms with van der Waals surface area (Å²) in [7, 11) is 1.45. The van der Waals surface area contributed by atoms with E-state index < -0.39 is 17.4 Å². The van der Waals surface area contributed by atoms with Crippen LogP contribution in [-0.2, 0) is 9.53 Å². The van der Waals surface area contributed by atoms with Crippen molar-refractivity contribution in [1.82, 2.24) is 15.1 Å². The molecule has 2 aromatic carbocycles. The van der Waals surface area contributed by atoms with Gasteiger partial charge in [0.15, 0.2) is 11.4 Å². The maximum absolute atomic E-state index is 13.4. The van der Waals surface area contributed by atoms with Crippen molar-refractivity contribution in [2.75, 3.05) is 20.3 Å². The molecule has 2 heterocycles. The molecule has 8 nitrogen and oxygen atoms in total. The highest BCUT2D eigenvalue weighted by atomic mass is 35.5. The largest absolute Gasteiger partial charge is 0.492 e. The Morgan fingerprint density at radius 1 is 1.12 bits per heavy atom. The number of rotatable bonds is 6. The number of hydrogen-bond donors (Lipinski definition) is 2. The van der Waals surface area contributed by atoms with Crippen molar-refractivity contribution >= 4 is 35.0 Å². The number of primary amides is 1. The van der Waals surface area contributed by atoms with Gasteiger partial charge in [0.1, 0.15) is 11.2 Å². The Morgan fingerprint density at radius 2 is 1.79 bits per heavy atom. The molecular formula is C23H22Cl2N4O4. The second-order valence-electron chi connectivity index (χ2n) is 7.61. The summed E-state index contributed by atoms with van der Waals surface area (Å²) in [4.78, 5) is 25.7. The zero-order chi connectivity index (χ0) is 23.6. The van der Waals surface area contributed by atoms with E-state index >= 15 is 0 Å². The van der Waals surface area contributed by atoms with Crippen molar-refractivity contribution in [2.45, 2.75) is 18.4 Å². The number of para-hydroxylation sites is 1. The van der Waals surface area contributed by atoms with Crippen molar-refractivity contribution in [1.29, 1.82) is 0 Å². The van der Waals surface area contributed by atoms with Gasteiger partial charge in [-0.2, -0.15) is 5.10 Å². The third kappa shape index (κ3) is 4.42. The topological polar surface area (TPSA) is 108 Å². The number of aromatic nitrogens is 2. The van der Waals surface area contributed by atoms with E-state index in [0.717, 1.165) is 0 Å². The highest BCUT2D eigenvalue weighted by molar-refractivity contribution is 6.32. The van der Waals surface area contributed by atoms with Crippen molar-refractivity contribution in [3.05, 3.63) is 64.3 Å². The maximum Gasteiger partial charge on any atom is 0.276 e. The molecule has 0 unspecified atom stereocenters. The molecule has 2 amide bonds. The summed E-state index contributed by atoms with van der Waals surface area (Å²) in [5.74, 6) is -0.989. The first kappa shape index (κ1) is 23.1. The van der Waals surface area contributed by atoms with E-state index in [2.05, 4.69) is 10.4 Å². The van der Waals surface area contributed by atoms with Crippen LogP contribution in [-0.4, -0.2) is 47.5 Å². The van der Waals surface area contributed by atoms with Crippen molar-refractivity contribution in [3.63, 3.8) is 0 Å². The lowest BCUT2D eigenvalue weighted by Gasteiger charge is -2.34. The van der Waals surface area contributed by atoms with E-state index in [4.69, 9.17) is 38.4 Å². The first-order valence-corrected chi connectivity index (χ1v) is 11.0. The summed E-state index contributed by atoms with van der Waals surface area (Å²) in [6.45, 7) is 0.620. The van der Waals surface area contributed by atoms with Gasteiger partial charge in [0, 0.05) is 36.6 Å². The Morgan fingerprint density at radius 3 is 2.39 bits per heavy atom. The molecule has 4 rings (SSSR count). The number of halogens is 2. The monoisotopic (exact) mass is 488 g/mol. The van der Waals surface area contributed by atoms with Crippen molar-refractivity contribution in [3.8, 4) is 22.7 Å². The van der Waals surface area contributed by atoms with Crippen LogP contribution < -0.4 is 15.8 Å². The number of nitrogens with two attached hydrogens (primary N) is 1. The van der Waals surface area contributed by atoms with Crippen LogP contribution in [0.15, 0.2) is 48.5 Å². The van der Waals surface area contributed by atoms with Crippen LogP contribution in [0, 0.1) is 0 Å². The quantitative estimate of drug-likeness (QED) is 0.550. The predicted molar refractivity (Wildman–Crippen MR) is 125 cm³/mol. The number of hydrogen-bond acceptors (Lipinski definition) is 5. The Bertz CT molecular complexity index is 1190. The molecule has 1 saturated heterocycles. The van der Waals surface area contributed by atoms with E-state index in [1.165, 1.54) is 7.11 Å². The molecule has 0 aliphatic carbocycles. The molecule has 0 saturated carbocycles. The van der Waals surface area contributed by atoms with E-state index in [9.17, 15) is 9.59 Å². The van der Waals surface area contributed by atoms with Gasteiger partial charge in [0.2, 0.25) is 5.91 Å². The SMILES string of the molecule is COc1c(C(=O)NC2(C(N)=O)CCOCC2)nn(-c2ccccc2Cl)c1-c1ccc(Cl)cc1. The molecule has 1 aliphatic rings. The lowest BCUT2D eigenvalue weighted by Crippen LogP contribution is -2.60. The Kier molecular flexibility index (Phi) is 6.60. The highest BCUT2D eigenvalue weighted by Crippen LogP contribution is 2.37.